The average Bonchev–Trinajstić information content (AvgIpc) is 2.43. The molecule has 1 heterocycles. The number of sulfonamides is 1. The molecule has 0 aliphatic heterocycles. The SMILES string of the molecule is Cc1cnc2c(S(=O)(=O)NCC(O)C(F)F)cccc2c1. The topological polar surface area (TPSA) is 79.3 Å². The molecule has 1 atom stereocenters. The van der Waals surface area contributed by atoms with E-state index in [2.05, 4.69) is 4.98 Å². The van der Waals surface area contributed by atoms with Crippen LogP contribution in [0.5, 0.6) is 0 Å². The van der Waals surface area contributed by atoms with E-state index in [1.807, 2.05) is 11.6 Å². The molecule has 2 N–H and O–H groups in total. The van der Waals surface area contributed by atoms with E-state index in [4.69, 9.17) is 5.11 Å². The number of fused-ring (bicyclic) bond motifs is 1. The van der Waals surface area contributed by atoms with E-state index < -0.39 is 29.1 Å². The highest BCUT2D eigenvalue weighted by molar-refractivity contribution is 7.89. The third-order valence-corrected chi connectivity index (χ3v) is 4.33. The number of nitrogens with zero attached hydrogens (tertiary/aromatic N) is 1. The summed E-state index contributed by atoms with van der Waals surface area (Å²) in [6, 6.07) is 6.36. The molecule has 0 saturated carbocycles. The highest BCUT2D eigenvalue weighted by Gasteiger charge is 2.23. The first kappa shape index (κ1) is 15.7. The van der Waals surface area contributed by atoms with Crippen LogP contribution in [0.1, 0.15) is 5.56 Å². The molecular formula is C13H14F2N2O3S. The van der Waals surface area contributed by atoms with Crippen molar-refractivity contribution in [1.29, 1.82) is 0 Å². The van der Waals surface area contributed by atoms with Crippen LogP contribution in [0.15, 0.2) is 35.4 Å². The normalized spacial score (nSPS) is 13.8. The molecule has 1 aromatic carbocycles. The van der Waals surface area contributed by atoms with Crippen molar-refractivity contribution >= 4 is 20.9 Å². The molecule has 1 aromatic heterocycles. The zero-order valence-electron chi connectivity index (χ0n) is 11.1. The molecule has 2 rings (SSSR count). The van der Waals surface area contributed by atoms with Gasteiger partial charge in [0.1, 0.15) is 11.0 Å². The van der Waals surface area contributed by atoms with Gasteiger partial charge in [-0.05, 0) is 24.6 Å². The van der Waals surface area contributed by atoms with E-state index in [0.717, 1.165) is 5.56 Å². The molecule has 2 aromatic rings. The Labute approximate surface area is 120 Å². The summed E-state index contributed by atoms with van der Waals surface area (Å²) in [4.78, 5) is 3.97. The van der Waals surface area contributed by atoms with Gasteiger partial charge >= 0.3 is 0 Å². The van der Waals surface area contributed by atoms with Crippen LogP contribution in [0, 0.1) is 6.92 Å². The van der Waals surface area contributed by atoms with Crippen LogP contribution in [-0.2, 0) is 10.0 Å². The van der Waals surface area contributed by atoms with Gasteiger partial charge in [0.05, 0.1) is 5.52 Å². The molecule has 0 amide bonds. The van der Waals surface area contributed by atoms with Gasteiger partial charge in [-0.1, -0.05) is 12.1 Å². The Morgan fingerprint density at radius 2 is 2.10 bits per heavy atom. The lowest BCUT2D eigenvalue weighted by molar-refractivity contribution is -0.000449. The van der Waals surface area contributed by atoms with E-state index in [9.17, 15) is 17.2 Å². The first-order chi connectivity index (χ1) is 9.81. The molecule has 0 fully saturated rings. The Morgan fingerprint density at radius 3 is 2.76 bits per heavy atom. The Kier molecular flexibility index (Phi) is 4.50. The summed E-state index contributed by atoms with van der Waals surface area (Å²) in [5.74, 6) is 0. The van der Waals surface area contributed by atoms with Crippen molar-refractivity contribution in [2.75, 3.05) is 6.54 Å². The second-order valence-corrected chi connectivity index (χ2v) is 6.33. The van der Waals surface area contributed by atoms with Gasteiger partial charge in [-0.15, -0.1) is 0 Å². The number of aliphatic hydroxyl groups is 1. The fraction of sp³-hybridized carbons (Fsp3) is 0.308. The Hall–Kier alpha value is -1.64. The standard InChI is InChI=1S/C13H14F2N2O3S/c1-8-5-9-3-2-4-11(12(9)16-6-8)21(19,20)17-7-10(18)13(14)15/h2-6,10,13,17-18H,7H2,1H3. The van der Waals surface area contributed by atoms with Crippen LogP contribution < -0.4 is 4.72 Å². The summed E-state index contributed by atoms with van der Waals surface area (Å²) in [6.07, 6.45) is -3.54. The van der Waals surface area contributed by atoms with Crippen molar-refractivity contribution in [1.82, 2.24) is 9.71 Å². The number of aromatic nitrogens is 1. The highest BCUT2D eigenvalue weighted by atomic mass is 32.2. The number of aliphatic hydroxyl groups excluding tert-OH is 1. The summed E-state index contributed by atoms with van der Waals surface area (Å²) < 4.78 is 50.7. The number of hydrogen-bond acceptors (Lipinski definition) is 4. The first-order valence-corrected chi connectivity index (χ1v) is 7.61. The first-order valence-electron chi connectivity index (χ1n) is 6.12. The van der Waals surface area contributed by atoms with Gasteiger partial charge in [-0.3, -0.25) is 4.98 Å². The summed E-state index contributed by atoms with van der Waals surface area (Å²) in [5, 5.41) is 9.63. The predicted octanol–water partition coefficient (Wildman–Crippen LogP) is 1.45. The molecule has 0 radical (unpaired) electrons. The Morgan fingerprint density at radius 1 is 1.38 bits per heavy atom. The number of aryl methyl sites for hydroxylation is 1. The molecule has 0 bridgehead atoms. The lowest BCUT2D eigenvalue weighted by atomic mass is 10.2. The summed E-state index contributed by atoms with van der Waals surface area (Å²) in [6.45, 7) is 1.06. The maximum Gasteiger partial charge on any atom is 0.265 e. The number of pyridine rings is 1. The molecule has 8 heteroatoms. The van der Waals surface area contributed by atoms with Gasteiger partial charge in [0.25, 0.3) is 6.43 Å². The Balaban J connectivity index is 2.36. The van der Waals surface area contributed by atoms with Crippen LogP contribution >= 0.6 is 0 Å². The molecule has 0 spiro atoms. The van der Waals surface area contributed by atoms with Crippen LogP contribution in [0.25, 0.3) is 10.9 Å². The quantitative estimate of drug-likeness (QED) is 0.875. The van der Waals surface area contributed by atoms with E-state index >= 15 is 0 Å². The number of nitrogens with one attached hydrogen (secondary N) is 1. The van der Waals surface area contributed by atoms with Gasteiger partial charge in [0, 0.05) is 18.1 Å². The monoisotopic (exact) mass is 316 g/mol. The lowest BCUT2D eigenvalue weighted by Gasteiger charge is -2.12. The number of para-hydroxylation sites is 1. The van der Waals surface area contributed by atoms with Crippen molar-refractivity contribution in [2.45, 2.75) is 24.3 Å². The summed E-state index contributed by atoms with van der Waals surface area (Å²) >= 11 is 0. The fourth-order valence-corrected chi connectivity index (χ4v) is 3.05. The third-order valence-electron chi connectivity index (χ3n) is 2.87. The van der Waals surface area contributed by atoms with E-state index in [-0.39, 0.29) is 10.4 Å². The van der Waals surface area contributed by atoms with E-state index in [1.165, 1.54) is 12.3 Å². The third kappa shape index (κ3) is 3.52. The van der Waals surface area contributed by atoms with Crippen molar-refractivity contribution in [3.8, 4) is 0 Å². The highest BCUT2D eigenvalue weighted by Crippen LogP contribution is 2.21. The smallest absolute Gasteiger partial charge is 0.265 e. The number of alkyl halides is 2. The molecule has 5 nitrogen and oxygen atoms in total. The second kappa shape index (κ2) is 6.00. The molecular weight excluding hydrogens is 302 g/mol. The Bertz CT molecular complexity index is 750. The van der Waals surface area contributed by atoms with Crippen molar-refractivity contribution in [3.05, 3.63) is 36.0 Å². The van der Waals surface area contributed by atoms with Crippen LogP contribution in [0.3, 0.4) is 0 Å². The van der Waals surface area contributed by atoms with Gasteiger partial charge in [-0.25, -0.2) is 21.9 Å². The minimum atomic E-state index is -4.03. The number of benzene rings is 1. The van der Waals surface area contributed by atoms with Crippen LogP contribution in [0.2, 0.25) is 0 Å². The summed E-state index contributed by atoms with van der Waals surface area (Å²) in [7, 11) is -4.03. The van der Waals surface area contributed by atoms with Crippen molar-refractivity contribution in [3.63, 3.8) is 0 Å². The zero-order chi connectivity index (χ0) is 15.6. The number of rotatable bonds is 5. The van der Waals surface area contributed by atoms with Crippen molar-refractivity contribution in [2.24, 2.45) is 0 Å². The van der Waals surface area contributed by atoms with Crippen LogP contribution in [-0.4, -0.2) is 37.6 Å². The molecule has 0 saturated heterocycles. The van der Waals surface area contributed by atoms with Gasteiger partial charge in [-0.2, -0.15) is 0 Å². The number of hydrogen-bond donors (Lipinski definition) is 2. The van der Waals surface area contributed by atoms with E-state index in [1.54, 1.807) is 18.2 Å². The van der Waals surface area contributed by atoms with Gasteiger partial charge < -0.3 is 5.11 Å². The zero-order valence-corrected chi connectivity index (χ0v) is 11.9. The fourth-order valence-electron chi connectivity index (χ4n) is 1.82. The molecule has 0 aliphatic carbocycles. The predicted molar refractivity (Wildman–Crippen MR) is 73.7 cm³/mol. The molecule has 21 heavy (non-hydrogen) atoms. The summed E-state index contributed by atoms with van der Waals surface area (Å²) in [5.41, 5.74) is 1.13. The van der Waals surface area contributed by atoms with E-state index in [0.29, 0.717) is 5.39 Å². The second-order valence-electron chi connectivity index (χ2n) is 4.59. The molecule has 114 valence electrons. The van der Waals surface area contributed by atoms with Gasteiger partial charge in [0.15, 0.2) is 0 Å². The van der Waals surface area contributed by atoms with Gasteiger partial charge in [0.2, 0.25) is 10.0 Å². The molecule has 1 unspecified atom stereocenters. The van der Waals surface area contributed by atoms with Crippen LogP contribution in [0.4, 0.5) is 8.78 Å². The van der Waals surface area contributed by atoms with Crippen molar-refractivity contribution < 1.29 is 22.3 Å². The average molecular weight is 316 g/mol. The minimum absolute atomic E-state index is 0.110. The largest absolute Gasteiger partial charge is 0.386 e. The minimum Gasteiger partial charge on any atom is -0.386 e. The maximum absolute atomic E-state index is 12.2. The number of halogens is 2. The molecule has 0 aliphatic rings. The maximum atomic E-state index is 12.2. The lowest BCUT2D eigenvalue weighted by Crippen LogP contribution is -2.35.